The van der Waals surface area contributed by atoms with Gasteiger partial charge in [0.2, 0.25) is 0 Å². The van der Waals surface area contributed by atoms with Crippen molar-refractivity contribution in [2.24, 2.45) is 5.92 Å². The molecule has 6 heteroatoms. The first-order chi connectivity index (χ1) is 15.2. The average molecular weight is 417 g/mol. The molecule has 5 rings (SSSR count). The third kappa shape index (κ3) is 3.88. The van der Waals surface area contributed by atoms with Crippen LogP contribution in [0.25, 0.3) is 16.6 Å². The summed E-state index contributed by atoms with van der Waals surface area (Å²) in [6, 6.07) is 15.1. The molecule has 160 valence electrons. The van der Waals surface area contributed by atoms with E-state index in [0.29, 0.717) is 40.7 Å². The Bertz CT molecular complexity index is 1150. The zero-order valence-electron chi connectivity index (χ0n) is 17.7. The van der Waals surface area contributed by atoms with Gasteiger partial charge in [-0.05, 0) is 69.0 Å². The number of para-hydroxylation sites is 2. The normalized spacial score (nSPS) is 21.5. The first kappa shape index (κ1) is 19.9. The first-order valence-corrected chi connectivity index (χ1v) is 11.3. The van der Waals surface area contributed by atoms with E-state index in [2.05, 4.69) is 15.2 Å². The lowest BCUT2D eigenvalue weighted by Gasteiger charge is -2.44. The molecule has 2 aliphatic heterocycles. The van der Waals surface area contributed by atoms with E-state index in [9.17, 15) is 9.59 Å². The predicted octanol–water partition coefficient (Wildman–Crippen LogP) is 3.38. The number of aromatic nitrogens is 2. The highest BCUT2D eigenvalue weighted by atomic mass is 16.2. The van der Waals surface area contributed by atoms with Crippen molar-refractivity contribution in [3.8, 4) is 5.69 Å². The molecule has 2 fully saturated rings. The number of rotatable bonds is 4. The SMILES string of the molecule is O=C(NC[C@H]1CCCN2CCCC[C@H]12)c1ccccc1-n1cnc2ccccc2c1=O. The lowest BCUT2D eigenvalue weighted by molar-refractivity contribution is 0.0575. The highest BCUT2D eigenvalue weighted by Gasteiger charge is 2.33. The summed E-state index contributed by atoms with van der Waals surface area (Å²) in [5.74, 6) is 0.360. The Labute approximate surface area is 181 Å². The molecule has 0 spiro atoms. The first-order valence-electron chi connectivity index (χ1n) is 11.3. The van der Waals surface area contributed by atoms with E-state index >= 15 is 0 Å². The minimum atomic E-state index is -0.170. The molecule has 31 heavy (non-hydrogen) atoms. The van der Waals surface area contributed by atoms with Crippen LogP contribution in [0.2, 0.25) is 0 Å². The van der Waals surface area contributed by atoms with Crippen LogP contribution in [0, 0.1) is 5.92 Å². The molecular formula is C25H28N4O2. The Morgan fingerprint density at radius 1 is 1.00 bits per heavy atom. The number of carbonyl (C=O) groups excluding carboxylic acids is 1. The van der Waals surface area contributed by atoms with Gasteiger partial charge in [0.25, 0.3) is 11.5 Å². The Balaban J connectivity index is 1.39. The van der Waals surface area contributed by atoms with Crippen molar-refractivity contribution in [2.45, 2.75) is 38.1 Å². The zero-order valence-corrected chi connectivity index (χ0v) is 17.7. The van der Waals surface area contributed by atoms with Gasteiger partial charge in [0.15, 0.2) is 0 Å². The summed E-state index contributed by atoms with van der Waals surface area (Å²) in [5, 5.41) is 3.71. The summed E-state index contributed by atoms with van der Waals surface area (Å²) in [7, 11) is 0. The number of hydrogen-bond acceptors (Lipinski definition) is 4. The maximum atomic E-state index is 13.2. The topological polar surface area (TPSA) is 67.2 Å². The fraction of sp³-hybridized carbons (Fsp3) is 0.400. The Hall–Kier alpha value is -2.99. The lowest BCUT2D eigenvalue weighted by atomic mass is 9.83. The molecule has 2 aliphatic rings. The number of piperidine rings is 2. The smallest absolute Gasteiger partial charge is 0.265 e. The Morgan fingerprint density at radius 3 is 2.74 bits per heavy atom. The summed E-state index contributed by atoms with van der Waals surface area (Å²) in [6.07, 6.45) is 7.68. The van der Waals surface area contributed by atoms with E-state index in [0.717, 1.165) is 6.42 Å². The largest absolute Gasteiger partial charge is 0.352 e. The molecule has 2 aromatic carbocycles. The fourth-order valence-corrected chi connectivity index (χ4v) is 5.25. The number of amides is 1. The van der Waals surface area contributed by atoms with E-state index in [1.165, 1.54) is 49.7 Å². The summed E-state index contributed by atoms with van der Waals surface area (Å²) in [5.41, 5.74) is 1.54. The van der Waals surface area contributed by atoms with Gasteiger partial charge in [-0.2, -0.15) is 0 Å². The van der Waals surface area contributed by atoms with Gasteiger partial charge in [-0.15, -0.1) is 0 Å². The van der Waals surface area contributed by atoms with E-state index in [-0.39, 0.29) is 11.5 Å². The van der Waals surface area contributed by atoms with Crippen molar-refractivity contribution >= 4 is 16.8 Å². The molecule has 1 N–H and O–H groups in total. The van der Waals surface area contributed by atoms with Crippen molar-refractivity contribution in [3.63, 3.8) is 0 Å². The third-order valence-electron chi connectivity index (χ3n) is 6.83. The van der Waals surface area contributed by atoms with Crippen LogP contribution >= 0.6 is 0 Å². The molecule has 0 unspecified atom stereocenters. The van der Waals surface area contributed by atoms with E-state index in [4.69, 9.17) is 0 Å². The van der Waals surface area contributed by atoms with E-state index in [1.54, 1.807) is 18.2 Å². The molecule has 0 saturated carbocycles. The number of carbonyl (C=O) groups is 1. The highest BCUT2D eigenvalue weighted by molar-refractivity contribution is 5.97. The van der Waals surface area contributed by atoms with E-state index < -0.39 is 0 Å². The average Bonchev–Trinajstić information content (AvgIpc) is 2.83. The number of nitrogens with zero attached hydrogens (tertiary/aromatic N) is 3. The molecule has 3 heterocycles. The highest BCUT2D eigenvalue weighted by Crippen LogP contribution is 2.30. The van der Waals surface area contributed by atoms with Gasteiger partial charge >= 0.3 is 0 Å². The van der Waals surface area contributed by atoms with Crippen molar-refractivity contribution in [1.29, 1.82) is 0 Å². The minimum Gasteiger partial charge on any atom is -0.352 e. The van der Waals surface area contributed by atoms with Crippen LogP contribution in [-0.4, -0.2) is 46.0 Å². The van der Waals surface area contributed by atoms with Gasteiger partial charge in [0.05, 0.1) is 22.2 Å². The van der Waals surface area contributed by atoms with Crippen molar-refractivity contribution in [2.75, 3.05) is 19.6 Å². The molecule has 2 saturated heterocycles. The second-order valence-corrected chi connectivity index (χ2v) is 8.67. The molecule has 0 bridgehead atoms. The van der Waals surface area contributed by atoms with Crippen LogP contribution in [0.3, 0.4) is 0 Å². The summed E-state index contributed by atoms with van der Waals surface area (Å²) >= 11 is 0. The summed E-state index contributed by atoms with van der Waals surface area (Å²) in [4.78, 5) is 33.2. The number of benzene rings is 2. The van der Waals surface area contributed by atoms with Crippen LogP contribution in [0.4, 0.5) is 0 Å². The minimum absolute atomic E-state index is 0.136. The molecule has 1 aromatic heterocycles. The molecule has 3 aromatic rings. The molecular weight excluding hydrogens is 388 g/mol. The van der Waals surface area contributed by atoms with E-state index in [1.807, 2.05) is 30.3 Å². The number of hydrogen-bond donors (Lipinski definition) is 1. The Kier molecular flexibility index (Phi) is 5.55. The second kappa shape index (κ2) is 8.63. The zero-order chi connectivity index (χ0) is 21.2. The summed E-state index contributed by atoms with van der Waals surface area (Å²) in [6.45, 7) is 3.06. The Morgan fingerprint density at radius 2 is 1.81 bits per heavy atom. The predicted molar refractivity (Wildman–Crippen MR) is 122 cm³/mol. The molecule has 1 amide bonds. The number of nitrogens with one attached hydrogen (secondary N) is 1. The lowest BCUT2D eigenvalue weighted by Crippen LogP contribution is -2.51. The monoisotopic (exact) mass is 416 g/mol. The van der Waals surface area contributed by atoms with Gasteiger partial charge in [-0.25, -0.2) is 4.98 Å². The number of fused-ring (bicyclic) bond motifs is 2. The maximum Gasteiger partial charge on any atom is 0.265 e. The summed E-state index contributed by atoms with van der Waals surface area (Å²) < 4.78 is 1.47. The van der Waals surface area contributed by atoms with Gasteiger partial charge in [0, 0.05) is 12.6 Å². The van der Waals surface area contributed by atoms with Crippen LogP contribution in [0.15, 0.2) is 59.7 Å². The molecule has 2 atom stereocenters. The van der Waals surface area contributed by atoms with Gasteiger partial charge in [0.1, 0.15) is 6.33 Å². The second-order valence-electron chi connectivity index (χ2n) is 8.67. The van der Waals surface area contributed by atoms with Crippen LogP contribution in [0.1, 0.15) is 42.5 Å². The standard InChI is InChI=1S/C25H28N4O2/c30-24(26-16-18-8-7-15-28-14-6-5-12-22(18)28)20-10-2-4-13-23(20)29-17-27-21-11-3-1-9-19(21)25(29)31/h1-4,9-11,13,17-18,22H,5-8,12,14-16H2,(H,26,30)/t18-,22-/m1/s1. The van der Waals surface area contributed by atoms with Crippen molar-refractivity contribution in [3.05, 3.63) is 70.8 Å². The maximum absolute atomic E-state index is 13.2. The van der Waals surface area contributed by atoms with Crippen LogP contribution in [-0.2, 0) is 0 Å². The van der Waals surface area contributed by atoms with Gasteiger partial charge in [-0.1, -0.05) is 30.7 Å². The fourth-order valence-electron chi connectivity index (χ4n) is 5.25. The quantitative estimate of drug-likeness (QED) is 0.708. The molecule has 6 nitrogen and oxygen atoms in total. The van der Waals surface area contributed by atoms with Crippen LogP contribution < -0.4 is 10.9 Å². The van der Waals surface area contributed by atoms with Crippen molar-refractivity contribution < 1.29 is 4.79 Å². The molecule has 0 radical (unpaired) electrons. The van der Waals surface area contributed by atoms with Crippen molar-refractivity contribution in [1.82, 2.24) is 19.8 Å². The van der Waals surface area contributed by atoms with Gasteiger partial charge in [-0.3, -0.25) is 14.2 Å². The van der Waals surface area contributed by atoms with Gasteiger partial charge < -0.3 is 10.2 Å². The third-order valence-corrected chi connectivity index (χ3v) is 6.83. The molecule has 0 aliphatic carbocycles. The van der Waals surface area contributed by atoms with Crippen LogP contribution in [0.5, 0.6) is 0 Å².